The third-order valence-corrected chi connectivity index (χ3v) is 4.46. The Hall–Kier alpha value is -1.39. The number of para-hydroxylation sites is 1. The van der Waals surface area contributed by atoms with Crippen molar-refractivity contribution in [3.8, 4) is 0 Å². The molecule has 4 heteroatoms. The van der Waals surface area contributed by atoms with E-state index in [1.807, 2.05) is 17.0 Å². The van der Waals surface area contributed by atoms with Crippen molar-refractivity contribution in [2.45, 2.75) is 31.8 Å². The molecular weight excluding hydrogens is 250 g/mol. The summed E-state index contributed by atoms with van der Waals surface area (Å²) in [7, 11) is 2.11. The summed E-state index contributed by atoms with van der Waals surface area (Å²) in [5, 5.41) is 0. The standard InChI is InChI=1S/C16H23N3O/c1-18-6-7-19(15-5-3-2-4-13(15)11-18)16(20)10-12-8-14(17)9-12/h2-5,12,14H,6-11,17H2,1H3. The summed E-state index contributed by atoms with van der Waals surface area (Å²) < 4.78 is 0. The molecule has 2 aliphatic rings. The molecule has 1 saturated carbocycles. The summed E-state index contributed by atoms with van der Waals surface area (Å²) in [5.41, 5.74) is 8.14. The van der Waals surface area contributed by atoms with Gasteiger partial charge in [-0.15, -0.1) is 0 Å². The second-order valence-electron chi connectivity index (χ2n) is 6.21. The van der Waals surface area contributed by atoms with Crippen molar-refractivity contribution in [2.75, 3.05) is 25.0 Å². The quantitative estimate of drug-likeness (QED) is 0.890. The molecule has 4 nitrogen and oxygen atoms in total. The van der Waals surface area contributed by atoms with Gasteiger partial charge in [-0.3, -0.25) is 4.79 Å². The minimum atomic E-state index is 0.254. The average Bonchev–Trinajstić information content (AvgIpc) is 2.55. The number of amides is 1. The lowest BCUT2D eigenvalue weighted by molar-refractivity contribution is -0.120. The molecule has 1 aliphatic carbocycles. The van der Waals surface area contributed by atoms with Crippen LogP contribution >= 0.6 is 0 Å². The van der Waals surface area contributed by atoms with Crippen LogP contribution in [0.2, 0.25) is 0 Å². The molecule has 0 atom stereocenters. The van der Waals surface area contributed by atoms with Gasteiger partial charge in [0.05, 0.1) is 0 Å². The Labute approximate surface area is 120 Å². The monoisotopic (exact) mass is 273 g/mol. The van der Waals surface area contributed by atoms with Gasteiger partial charge < -0.3 is 15.5 Å². The highest BCUT2D eigenvalue weighted by Gasteiger charge is 2.31. The number of carbonyl (C=O) groups excluding carboxylic acids is 1. The van der Waals surface area contributed by atoms with E-state index >= 15 is 0 Å². The SMILES string of the molecule is CN1CCN(C(=O)CC2CC(N)C2)c2ccccc2C1. The molecule has 1 aliphatic heterocycles. The Kier molecular flexibility index (Phi) is 3.76. The van der Waals surface area contributed by atoms with Crippen LogP contribution in [-0.4, -0.2) is 37.0 Å². The van der Waals surface area contributed by atoms with E-state index in [1.54, 1.807) is 0 Å². The Morgan fingerprint density at radius 1 is 1.30 bits per heavy atom. The van der Waals surface area contributed by atoms with Gasteiger partial charge in [-0.25, -0.2) is 0 Å². The molecule has 2 N–H and O–H groups in total. The van der Waals surface area contributed by atoms with Crippen LogP contribution in [0.5, 0.6) is 0 Å². The molecule has 0 saturated heterocycles. The third-order valence-electron chi connectivity index (χ3n) is 4.46. The highest BCUT2D eigenvalue weighted by atomic mass is 16.2. The summed E-state index contributed by atoms with van der Waals surface area (Å²) >= 11 is 0. The first-order chi connectivity index (χ1) is 9.63. The number of hydrogen-bond donors (Lipinski definition) is 1. The van der Waals surface area contributed by atoms with Gasteiger partial charge in [-0.05, 0) is 37.4 Å². The lowest BCUT2D eigenvalue weighted by Crippen LogP contribution is -2.41. The zero-order valence-corrected chi connectivity index (χ0v) is 12.1. The zero-order chi connectivity index (χ0) is 14.1. The first kappa shape index (κ1) is 13.6. The molecule has 20 heavy (non-hydrogen) atoms. The maximum absolute atomic E-state index is 12.6. The number of anilines is 1. The van der Waals surface area contributed by atoms with Gasteiger partial charge in [0, 0.05) is 37.8 Å². The van der Waals surface area contributed by atoms with Gasteiger partial charge in [0.2, 0.25) is 5.91 Å². The van der Waals surface area contributed by atoms with Crippen LogP contribution in [-0.2, 0) is 11.3 Å². The number of nitrogens with zero attached hydrogens (tertiary/aromatic N) is 2. The molecule has 0 spiro atoms. The summed E-state index contributed by atoms with van der Waals surface area (Å²) in [4.78, 5) is 16.8. The molecule has 1 aromatic rings. The van der Waals surface area contributed by atoms with Crippen LogP contribution < -0.4 is 10.6 Å². The van der Waals surface area contributed by atoms with Crippen molar-refractivity contribution < 1.29 is 4.79 Å². The zero-order valence-electron chi connectivity index (χ0n) is 12.1. The van der Waals surface area contributed by atoms with Crippen LogP contribution in [0.25, 0.3) is 0 Å². The van der Waals surface area contributed by atoms with Crippen molar-refractivity contribution in [3.63, 3.8) is 0 Å². The minimum absolute atomic E-state index is 0.254. The van der Waals surface area contributed by atoms with Gasteiger partial charge in [0.15, 0.2) is 0 Å². The van der Waals surface area contributed by atoms with Crippen molar-refractivity contribution in [3.05, 3.63) is 29.8 Å². The van der Waals surface area contributed by atoms with Crippen LogP contribution in [0, 0.1) is 5.92 Å². The van der Waals surface area contributed by atoms with Crippen molar-refractivity contribution in [1.82, 2.24) is 4.90 Å². The maximum Gasteiger partial charge on any atom is 0.227 e. The van der Waals surface area contributed by atoms with E-state index in [0.29, 0.717) is 18.4 Å². The number of nitrogens with two attached hydrogens (primary N) is 1. The number of rotatable bonds is 2. The molecule has 0 radical (unpaired) electrons. The third kappa shape index (κ3) is 2.72. The van der Waals surface area contributed by atoms with E-state index in [9.17, 15) is 4.79 Å². The van der Waals surface area contributed by atoms with Crippen LogP contribution in [0.1, 0.15) is 24.8 Å². The van der Waals surface area contributed by atoms with E-state index in [0.717, 1.165) is 38.2 Å². The molecule has 108 valence electrons. The number of likely N-dealkylation sites (N-methyl/N-ethyl adjacent to an activating group) is 1. The highest BCUT2D eigenvalue weighted by molar-refractivity contribution is 5.94. The molecule has 1 amide bonds. The highest BCUT2D eigenvalue weighted by Crippen LogP contribution is 2.31. The molecule has 0 bridgehead atoms. The Morgan fingerprint density at radius 3 is 2.80 bits per heavy atom. The number of fused-ring (bicyclic) bond motifs is 1. The van der Waals surface area contributed by atoms with E-state index < -0.39 is 0 Å². The Morgan fingerprint density at radius 2 is 2.05 bits per heavy atom. The van der Waals surface area contributed by atoms with Gasteiger partial charge in [-0.1, -0.05) is 18.2 Å². The summed E-state index contributed by atoms with van der Waals surface area (Å²) in [6, 6.07) is 8.57. The van der Waals surface area contributed by atoms with E-state index in [-0.39, 0.29) is 5.91 Å². The molecule has 3 rings (SSSR count). The first-order valence-corrected chi connectivity index (χ1v) is 7.46. The Balaban J connectivity index is 1.76. The number of benzene rings is 1. The minimum Gasteiger partial charge on any atom is -0.328 e. The van der Waals surface area contributed by atoms with Crippen molar-refractivity contribution in [1.29, 1.82) is 0 Å². The lowest BCUT2D eigenvalue weighted by Gasteiger charge is -2.33. The van der Waals surface area contributed by atoms with E-state index in [2.05, 4.69) is 24.1 Å². The fourth-order valence-electron chi connectivity index (χ4n) is 3.24. The molecule has 0 unspecified atom stereocenters. The molecule has 1 heterocycles. The predicted molar refractivity (Wildman–Crippen MR) is 80.4 cm³/mol. The fraction of sp³-hybridized carbons (Fsp3) is 0.562. The second-order valence-corrected chi connectivity index (χ2v) is 6.21. The molecule has 0 aromatic heterocycles. The summed E-state index contributed by atoms with van der Waals surface area (Å²) in [6.07, 6.45) is 2.65. The largest absolute Gasteiger partial charge is 0.328 e. The van der Waals surface area contributed by atoms with E-state index in [1.165, 1.54) is 5.56 Å². The van der Waals surface area contributed by atoms with Crippen molar-refractivity contribution >= 4 is 11.6 Å². The summed E-state index contributed by atoms with van der Waals surface area (Å²) in [5.74, 6) is 0.746. The fourth-order valence-corrected chi connectivity index (χ4v) is 3.24. The number of hydrogen-bond acceptors (Lipinski definition) is 3. The molecule has 1 aromatic carbocycles. The van der Waals surface area contributed by atoms with Gasteiger partial charge >= 0.3 is 0 Å². The average molecular weight is 273 g/mol. The molecule has 1 fully saturated rings. The second kappa shape index (κ2) is 5.54. The maximum atomic E-state index is 12.6. The number of carbonyl (C=O) groups is 1. The molecular formula is C16H23N3O. The van der Waals surface area contributed by atoms with Crippen molar-refractivity contribution in [2.24, 2.45) is 11.7 Å². The van der Waals surface area contributed by atoms with Crippen LogP contribution in [0.15, 0.2) is 24.3 Å². The van der Waals surface area contributed by atoms with Gasteiger partial charge in [0.1, 0.15) is 0 Å². The summed E-state index contributed by atoms with van der Waals surface area (Å²) in [6.45, 7) is 2.62. The topological polar surface area (TPSA) is 49.6 Å². The van der Waals surface area contributed by atoms with Crippen LogP contribution in [0.3, 0.4) is 0 Å². The predicted octanol–water partition coefficient (Wildman–Crippen LogP) is 1.59. The van der Waals surface area contributed by atoms with Gasteiger partial charge in [-0.2, -0.15) is 0 Å². The normalized spacial score (nSPS) is 26.6. The van der Waals surface area contributed by atoms with Crippen LogP contribution in [0.4, 0.5) is 5.69 Å². The van der Waals surface area contributed by atoms with E-state index in [4.69, 9.17) is 5.73 Å². The van der Waals surface area contributed by atoms with Gasteiger partial charge in [0.25, 0.3) is 0 Å². The first-order valence-electron chi connectivity index (χ1n) is 7.46. The lowest BCUT2D eigenvalue weighted by atomic mass is 9.78. The smallest absolute Gasteiger partial charge is 0.227 e. The Bertz CT molecular complexity index is 496.